The monoisotopic (exact) mass is 936 g/mol. The zero-order chi connectivity index (χ0) is 46.4. The molecule has 1 unspecified atom stereocenters. The van der Waals surface area contributed by atoms with Crippen LogP contribution in [0.5, 0.6) is 0 Å². The van der Waals surface area contributed by atoms with E-state index in [-0.39, 0.29) is 34.0 Å². The Morgan fingerprint density at radius 1 is 0.455 bits per heavy atom. The summed E-state index contributed by atoms with van der Waals surface area (Å²) in [6.45, 7) is 19.4. The summed E-state index contributed by atoms with van der Waals surface area (Å²) in [5.74, 6) is 1.24. The summed E-state index contributed by atoms with van der Waals surface area (Å²) in [5.41, 5.74) is 17.6. The zero-order valence-corrected chi connectivity index (χ0v) is 42.0. The third-order valence-electron chi connectivity index (χ3n) is 14.6. The molecule has 0 spiro atoms. The Labute approximate surface area is 399 Å². The van der Waals surface area contributed by atoms with Gasteiger partial charge in [-0.2, -0.15) is 15.3 Å². The number of H-pyrrole nitrogens is 3. The molecule has 6 aromatic rings. The van der Waals surface area contributed by atoms with E-state index in [9.17, 15) is 14.4 Å². The number of aromatic nitrogens is 6. The van der Waals surface area contributed by atoms with E-state index >= 15 is 0 Å². The quantitative estimate of drug-likeness (QED) is 0.162. The van der Waals surface area contributed by atoms with Crippen molar-refractivity contribution in [2.45, 2.75) is 138 Å². The highest BCUT2D eigenvalue weighted by atomic mass is 32.1. The van der Waals surface area contributed by atoms with Gasteiger partial charge in [0.1, 0.15) is 0 Å². The van der Waals surface area contributed by atoms with Crippen molar-refractivity contribution < 1.29 is 14.4 Å². The lowest BCUT2D eigenvalue weighted by Gasteiger charge is -2.37. The van der Waals surface area contributed by atoms with E-state index in [0.717, 1.165) is 89.4 Å². The van der Waals surface area contributed by atoms with E-state index in [0.29, 0.717) is 36.6 Å². The molecular weight excluding hydrogens is 877 g/mol. The predicted molar refractivity (Wildman–Crippen MR) is 265 cm³/mol. The summed E-state index contributed by atoms with van der Waals surface area (Å²) < 4.78 is 0. The maximum absolute atomic E-state index is 12.9. The molecule has 0 aromatic carbocycles. The predicted octanol–water partition coefficient (Wildman–Crippen LogP) is 12.5. The molecule has 0 aliphatic heterocycles. The van der Waals surface area contributed by atoms with Gasteiger partial charge in [-0.1, -0.05) is 76.5 Å². The average molecular weight is 937 g/mol. The van der Waals surface area contributed by atoms with Crippen LogP contribution in [0.3, 0.4) is 0 Å². The number of rotatable bonds is 3. The van der Waals surface area contributed by atoms with E-state index < -0.39 is 0 Å². The van der Waals surface area contributed by atoms with Gasteiger partial charge < -0.3 is 0 Å². The minimum absolute atomic E-state index is 0.0682. The van der Waals surface area contributed by atoms with E-state index in [1.165, 1.54) is 48.0 Å². The molecular formula is C54H60N6O3S3. The van der Waals surface area contributed by atoms with Crippen molar-refractivity contribution >= 4 is 51.4 Å². The molecule has 342 valence electrons. The molecule has 12 heteroatoms. The second kappa shape index (κ2) is 16.6. The molecule has 6 aliphatic carbocycles. The van der Waals surface area contributed by atoms with Crippen LogP contribution in [0.15, 0.2) is 86.0 Å². The highest BCUT2D eigenvalue weighted by Gasteiger charge is 2.45. The lowest BCUT2D eigenvalue weighted by atomic mass is 9.66. The van der Waals surface area contributed by atoms with Gasteiger partial charge in [0, 0.05) is 104 Å². The Kier molecular flexibility index (Phi) is 11.3. The van der Waals surface area contributed by atoms with Gasteiger partial charge in [0.2, 0.25) is 0 Å². The molecule has 0 saturated carbocycles. The van der Waals surface area contributed by atoms with Gasteiger partial charge in [0.15, 0.2) is 17.3 Å². The summed E-state index contributed by atoms with van der Waals surface area (Å²) in [4.78, 5) is 42.5. The number of fused-ring (bicyclic) bond motifs is 3. The van der Waals surface area contributed by atoms with Crippen LogP contribution in [-0.2, 0) is 33.6 Å². The Morgan fingerprint density at radius 3 is 0.970 bits per heavy atom. The second-order valence-corrected chi connectivity index (χ2v) is 24.8. The lowest BCUT2D eigenvalue weighted by Crippen LogP contribution is -2.31. The van der Waals surface area contributed by atoms with Crippen molar-refractivity contribution in [3.8, 4) is 0 Å². The second-order valence-electron chi connectivity index (χ2n) is 21.9. The number of aromatic amines is 3. The SMILES string of the molecule is Cc1[nH]nc2c1C(c1cccs1)C1=C(C2)CC(C)(C)CC1=O.Cc1[nH]nc2c1[C@@H](c1cccs1)C1=C(C2)CC(C)(C)CC1=O.Cc1[nH]nc2c1[C@H](c1cccs1)C1=C(C2)CC(C)(C)CC1=O. The molecule has 0 fully saturated rings. The summed E-state index contributed by atoms with van der Waals surface area (Å²) in [6, 6.07) is 12.7. The van der Waals surface area contributed by atoms with Crippen molar-refractivity contribution in [2.75, 3.05) is 0 Å². The first kappa shape index (κ1) is 44.8. The van der Waals surface area contributed by atoms with Crippen LogP contribution in [0.25, 0.3) is 0 Å². The first-order valence-corrected chi connectivity index (χ1v) is 26.0. The van der Waals surface area contributed by atoms with E-state index in [4.69, 9.17) is 0 Å². The van der Waals surface area contributed by atoms with Crippen molar-refractivity contribution in [1.29, 1.82) is 0 Å². The van der Waals surface area contributed by atoms with Crippen LogP contribution in [0.2, 0.25) is 0 Å². The van der Waals surface area contributed by atoms with Crippen molar-refractivity contribution in [3.63, 3.8) is 0 Å². The van der Waals surface area contributed by atoms with E-state index in [1.54, 1.807) is 34.0 Å². The van der Waals surface area contributed by atoms with Gasteiger partial charge in [0.05, 0.1) is 34.8 Å². The molecule has 3 N–H and O–H groups in total. The molecule has 0 saturated heterocycles. The molecule has 0 amide bonds. The van der Waals surface area contributed by atoms with Crippen molar-refractivity contribution in [1.82, 2.24) is 30.6 Å². The van der Waals surface area contributed by atoms with E-state index in [1.807, 2.05) is 0 Å². The molecule has 6 aliphatic rings. The van der Waals surface area contributed by atoms with Gasteiger partial charge in [-0.15, -0.1) is 34.0 Å². The number of hydrogen-bond donors (Lipinski definition) is 3. The topological polar surface area (TPSA) is 137 Å². The molecule has 9 nitrogen and oxygen atoms in total. The third-order valence-corrected chi connectivity index (χ3v) is 17.4. The summed E-state index contributed by atoms with van der Waals surface area (Å²) >= 11 is 5.20. The molecule has 0 bridgehead atoms. The van der Waals surface area contributed by atoms with Gasteiger partial charge in [-0.25, -0.2) is 0 Å². The Morgan fingerprint density at radius 2 is 0.727 bits per heavy atom. The summed E-state index contributed by atoms with van der Waals surface area (Å²) in [7, 11) is 0. The van der Waals surface area contributed by atoms with Crippen molar-refractivity contribution in [2.24, 2.45) is 16.2 Å². The van der Waals surface area contributed by atoms with Crippen LogP contribution >= 0.6 is 34.0 Å². The van der Waals surface area contributed by atoms with Crippen LogP contribution in [0.4, 0.5) is 0 Å². The van der Waals surface area contributed by atoms with Crippen LogP contribution < -0.4 is 0 Å². The van der Waals surface area contributed by atoms with E-state index in [2.05, 4.69) is 145 Å². The fourth-order valence-electron chi connectivity index (χ4n) is 12.2. The highest BCUT2D eigenvalue weighted by Crippen LogP contribution is 2.53. The number of carbonyl (C=O) groups is 3. The van der Waals surface area contributed by atoms with Crippen LogP contribution in [-0.4, -0.2) is 47.9 Å². The Balaban J connectivity index is 0.000000116. The minimum Gasteiger partial charge on any atom is -0.294 e. The number of thiophene rings is 3. The number of hydrogen-bond acceptors (Lipinski definition) is 9. The smallest absolute Gasteiger partial charge is 0.160 e. The van der Waals surface area contributed by atoms with Crippen LogP contribution in [0, 0.1) is 37.0 Å². The molecule has 6 aromatic heterocycles. The first-order chi connectivity index (χ1) is 31.4. The van der Waals surface area contributed by atoms with Crippen molar-refractivity contribution in [3.05, 3.63) is 151 Å². The number of Topliss-reactive ketones (excluding diaryl/α,β-unsaturated/α-hetero) is 3. The van der Waals surface area contributed by atoms with Gasteiger partial charge in [0.25, 0.3) is 0 Å². The zero-order valence-electron chi connectivity index (χ0n) is 39.6. The third kappa shape index (κ3) is 8.04. The number of carbonyl (C=O) groups excluding carboxylic acids is 3. The fourth-order valence-corrected chi connectivity index (χ4v) is 14.8. The van der Waals surface area contributed by atoms with Gasteiger partial charge in [-0.05, 0) is 90.6 Å². The average Bonchev–Trinajstić information content (AvgIpc) is 4.10. The first-order valence-electron chi connectivity index (χ1n) is 23.4. The van der Waals surface area contributed by atoms with Crippen LogP contribution in [0.1, 0.15) is 163 Å². The number of ketones is 3. The molecule has 6 heterocycles. The number of nitrogens with one attached hydrogen (secondary N) is 3. The summed E-state index contributed by atoms with van der Waals surface area (Å²) in [6.07, 6.45) is 7.44. The fraction of sp³-hybridized carbons (Fsp3) is 0.444. The number of aryl methyl sites for hydroxylation is 3. The maximum Gasteiger partial charge on any atom is 0.160 e. The molecule has 3 atom stereocenters. The Hall–Kier alpha value is -5.04. The largest absolute Gasteiger partial charge is 0.294 e. The number of nitrogens with zero attached hydrogens (tertiary/aromatic N) is 3. The lowest BCUT2D eigenvalue weighted by molar-refractivity contribution is -0.119. The molecule has 0 radical (unpaired) electrons. The standard InChI is InChI=1S/3C18H20N2OS/c3*1-10-15-12(20-19-10)7-11-8-18(2,3)9-13(21)16(11)17(15)14-5-4-6-22-14/h3*4-6,17H,7-9H2,1-3H3,(H,19,20)/t2*17-;/m10./s1. The highest BCUT2D eigenvalue weighted by molar-refractivity contribution is 7.10. The minimum atomic E-state index is 0.0682. The maximum atomic E-state index is 12.9. The Bertz CT molecular complexity index is 2660. The molecule has 66 heavy (non-hydrogen) atoms. The van der Waals surface area contributed by atoms with Gasteiger partial charge >= 0.3 is 0 Å². The summed E-state index contributed by atoms with van der Waals surface area (Å²) in [5, 5.41) is 29.2. The molecule has 12 rings (SSSR count). The normalized spacial score (nSPS) is 23.4. The van der Waals surface area contributed by atoms with Gasteiger partial charge in [-0.3, -0.25) is 29.7 Å². The number of allylic oxidation sites excluding steroid dienone is 6.